The lowest BCUT2D eigenvalue weighted by molar-refractivity contribution is 0.750. The van der Waals surface area contributed by atoms with Crippen LogP contribution in [0.25, 0.3) is 0 Å². The summed E-state index contributed by atoms with van der Waals surface area (Å²) in [6.07, 6.45) is 1.50. The molecule has 0 fully saturated rings. The Balaban J connectivity index is 2.18. The SMILES string of the molecule is Cc1cc(NC(C)c2ncn[nH]2)nc(C(C)C)n1. The summed E-state index contributed by atoms with van der Waals surface area (Å²) < 4.78 is 0. The van der Waals surface area contributed by atoms with Crippen molar-refractivity contribution >= 4 is 5.82 Å². The minimum atomic E-state index is 0.0295. The summed E-state index contributed by atoms with van der Waals surface area (Å²) in [5.41, 5.74) is 0.959. The van der Waals surface area contributed by atoms with Crippen LogP contribution in [0.5, 0.6) is 0 Å². The maximum atomic E-state index is 4.50. The van der Waals surface area contributed by atoms with Crippen LogP contribution in [0.1, 0.15) is 50.1 Å². The van der Waals surface area contributed by atoms with Gasteiger partial charge in [0, 0.05) is 17.7 Å². The van der Waals surface area contributed by atoms with Gasteiger partial charge in [0.2, 0.25) is 0 Å². The van der Waals surface area contributed by atoms with Crippen LogP contribution in [0.3, 0.4) is 0 Å². The van der Waals surface area contributed by atoms with Gasteiger partial charge in [0.05, 0.1) is 6.04 Å². The van der Waals surface area contributed by atoms with Crippen LogP contribution < -0.4 is 5.32 Å². The number of nitrogens with one attached hydrogen (secondary N) is 2. The summed E-state index contributed by atoms with van der Waals surface area (Å²) in [6, 6.07) is 1.96. The molecule has 0 aliphatic carbocycles. The molecule has 1 unspecified atom stereocenters. The largest absolute Gasteiger partial charge is 0.360 e. The second-order valence-electron chi connectivity index (χ2n) is 4.64. The zero-order valence-corrected chi connectivity index (χ0v) is 11.1. The number of aromatic amines is 1. The Morgan fingerprint density at radius 3 is 2.61 bits per heavy atom. The molecule has 2 aromatic rings. The van der Waals surface area contributed by atoms with E-state index in [1.165, 1.54) is 6.33 Å². The average Bonchev–Trinajstić information content (AvgIpc) is 2.81. The Kier molecular flexibility index (Phi) is 3.55. The summed E-state index contributed by atoms with van der Waals surface area (Å²) in [5.74, 6) is 2.76. The molecule has 0 spiro atoms. The third-order valence-electron chi connectivity index (χ3n) is 2.60. The van der Waals surface area contributed by atoms with Gasteiger partial charge in [-0.25, -0.2) is 15.0 Å². The molecule has 0 aromatic carbocycles. The minimum Gasteiger partial charge on any atom is -0.360 e. The Morgan fingerprint density at radius 2 is 2.00 bits per heavy atom. The third kappa shape index (κ3) is 2.82. The molecule has 2 rings (SSSR count). The van der Waals surface area contributed by atoms with Crippen molar-refractivity contribution in [3.8, 4) is 0 Å². The predicted octanol–water partition coefficient (Wildman–Crippen LogP) is 2.20. The lowest BCUT2D eigenvalue weighted by Gasteiger charge is -2.14. The normalized spacial score (nSPS) is 12.7. The van der Waals surface area contributed by atoms with Gasteiger partial charge in [0.25, 0.3) is 0 Å². The minimum absolute atomic E-state index is 0.0295. The second kappa shape index (κ2) is 5.12. The summed E-state index contributed by atoms with van der Waals surface area (Å²) in [7, 11) is 0. The lowest BCUT2D eigenvalue weighted by Crippen LogP contribution is -2.11. The van der Waals surface area contributed by atoms with Gasteiger partial charge in [-0.15, -0.1) is 0 Å². The first-order valence-corrected chi connectivity index (χ1v) is 6.03. The maximum Gasteiger partial charge on any atom is 0.146 e. The van der Waals surface area contributed by atoms with Gasteiger partial charge >= 0.3 is 0 Å². The molecule has 0 radical (unpaired) electrons. The fourth-order valence-electron chi connectivity index (χ4n) is 1.64. The number of anilines is 1. The quantitative estimate of drug-likeness (QED) is 0.864. The van der Waals surface area contributed by atoms with Crippen molar-refractivity contribution in [2.75, 3.05) is 5.32 Å². The van der Waals surface area contributed by atoms with Crippen molar-refractivity contribution in [3.05, 3.63) is 29.7 Å². The van der Waals surface area contributed by atoms with Gasteiger partial charge < -0.3 is 5.32 Å². The zero-order valence-electron chi connectivity index (χ0n) is 11.1. The third-order valence-corrected chi connectivity index (χ3v) is 2.60. The first kappa shape index (κ1) is 12.5. The van der Waals surface area contributed by atoms with Crippen LogP contribution in [0.2, 0.25) is 0 Å². The number of hydrogen-bond donors (Lipinski definition) is 2. The Hall–Kier alpha value is -1.98. The molecule has 0 saturated carbocycles. The van der Waals surface area contributed by atoms with Crippen molar-refractivity contribution < 1.29 is 0 Å². The Bertz CT molecular complexity index is 505. The molecule has 0 amide bonds. The summed E-state index contributed by atoms with van der Waals surface area (Å²) in [5, 5.41) is 9.98. The molecule has 2 aromatic heterocycles. The van der Waals surface area contributed by atoms with Crippen molar-refractivity contribution in [2.45, 2.75) is 39.7 Å². The highest BCUT2D eigenvalue weighted by Gasteiger charge is 2.11. The lowest BCUT2D eigenvalue weighted by atomic mass is 10.2. The van der Waals surface area contributed by atoms with E-state index in [0.717, 1.165) is 23.2 Å². The van der Waals surface area contributed by atoms with Gasteiger partial charge in [0.15, 0.2) is 0 Å². The van der Waals surface area contributed by atoms with Crippen molar-refractivity contribution in [1.82, 2.24) is 25.1 Å². The first-order valence-electron chi connectivity index (χ1n) is 6.03. The van der Waals surface area contributed by atoms with Crippen LogP contribution in [-0.4, -0.2) is 25.1 Å². The molecular weight excluding hydrogens is 228 g/mol. The molecule has 0 saturated heterocycles. The molecule has 6 nitrogen and oxygen atoms in total. The number of H-pyrrole nitrogens is 1. The van der Waals surface area contributed by atoms with Crippen molar-refractivity contribution in [2.24, 2.45) is 0 Å². The Labute approximate surface area is 106 Å². The molecule has 96 valence electrons. The van der Waals surface area contributed by atoms with Crippen LogP contribution in [-0.2, 0) is 0 Å². The molecule has 1 atom stereocenters. The highest BCUT2D eigenvalue weighted by atomic mass is 15.2. The standard InChI is InChI=1S/C12H18N6/c1-7(2)11-15-8(3)5-10(17-11)16-9(4)12-13-6-14-18-12/h5-7,9H,1-4H3,(H,13,14,18)(H,15,16,17). The van der Waals surface area contributed by atoms with E-state index in [1.807, 2.05) is 19.9 Å². The number of nitrogens with zero attached hydrogens (tertiary/aromatic N) is 4. The molecule has 18 heavy (non-hydrogen) atoms. The van der Waals surface area contributed by atoms with E-state index in [-0.39, 0.29) is 6.04 Å². The monoisotopic (exact) mass is 246 g/mol. The molecule has 0 bridgehead atoms. The Morgan fingerprint density at radius 1 is 1.22 bits per heavy atom. The average molecular weight is 246 g/mol. The highest BCUT2D eigenvalue weighted by Crippen LogP contribution is 2.17. The van der Waals surface area contributed by atoms with Gasteiger partial charge in [-0.3, -0.25) is 5.10 Å². The molecule has 2 heterocycles. The van der Waals surface area contributed by atoms with E-state index in [4.69, 9.17) is 0 Å². The highest BCUT2D eigenvalue weighted by molar-refractivity contribution is 5.37. The molecule has 0 aliphatic rings. The van der Waals surface area contributed by atoms with Crippen LogP contribution >= 0.6 is 0 Å². The molecule has 2 N–H and O–H groups in total. The predicted molar refractivity (Wildman–Crippen MR) is 69.3 cm³/mol. The van der Waals surface area contributed by atoms with E-state index < -0.39 is 0 Å². The van der Waals surface area contributed by atoms with Gasteiger partial charge in [-0.05, 0) is 13.8 Å². The van der Waals surface area contributed by atoms with Crippen LogP contribution in [0.15, 0.2) is 12.4 Å². The maximum absolute atomic E-state index is 4.50. The molecular formula is C12H18N6. The van der Waals surface area contributed by atoms with Crippen LogP contribution in [0.4, 0.5) is 5.82 Å². The second-order valence-corrected chi connectivity index (χ2v) is 4.64. The first-order chi connectivity index (χ1) is 8.56. The van der Waals surface area contributed by atoms with E-state index in [1.54, 1.807) is 0 Å². The number of aromatic nitrogens is 5. The van der Waals surface area contributed by atoms with Crippen molar-refractivity contribution in [1.29, 1.82) is 0 Å². The van der Waals surface area contributed by atoms with Crippen LogP contribution in [0, 0.1) is 6.92 Å². The fourth-order valence-corrected chi connectivity index (χ4v) is 1.64. The topological polar surface area (TPSA) is 79.4 Å². The molecule has 0 aliphatic heterocycles. The van der Waals surface area contributed by atoms with Gasteiger partial charge in [0.1, 0.15) is 23.8 Å². The summed E-state index contributed by atoms with van der Waals surface area (Å²) in [6.45, 7) is 8.14. The smallest absolute Gasteiger partial charge is 0.146 e. The zero-order chi connectivity index (χ0) is 13.1. The van der Waals surface area contributed by atoms with E-state index in [0.29, 0.717) is 5.92 Å². The molecule has 6 heteroatoms. The summed E-state index contributed by atoms with van der Waals surface area (Å²) >= 11 is 0. The van der Waals surface area contributed by atoms with Gasteiger partial charge in [-0.2, -0.15) is 5.10 Å². The fraction of sp³-hybridized carbons (Fsp3) is 0.500. The summed E-state index contributed by atoms with van der Waals surface area (Å²) in [4.78, 5) is 13.0. The number of rotatable bonds is 4. The van der Waals surface area contributed by atoms with Gasteiger partial charge in [-0.1, -0.05) is 13.8 Å². The van der Waals surface area contributed by atoms with E-state index in [9.17, 15) is 0 Å². The van der Waals surface area contributed by atoms with E-state index in [2.05, 4.69) is 44.3 Å². The number of aryl methyl sites for hydroxylation is 1. The number of hydrogen-bond acceptors (Lipinski definition) is 5. The van der Waals surface area contributed by atoms with E-state index >= 15 is 0 Å². The van der Waals surface area contributed by atoms with Crippen molar-refractivity contribution in [3.63, 3.8) is 0 Å².